The number of rotatable bonds is 3. The van der Waals surface area contributed by atoms with Gasteiger partial charge >= 0.3 is 6.09 Å². The third-order valence-corrected chi connectivity index (χ3v) is 4.52. The molecule has 0 spiro atoms. The largest absolute Gasteiger partial charge is 0.444 e. The summed E-state index contributed by atoms with van der Waals surface area (Å²) >= 11 is 0. The van der Waals surface area contributed by atoms with Crippen molar-refractivity contribution in [3.63, 3.8) is 0 Å². The number of nitrogens with one attached hydrogen (secondary N) is 1. The fourth-order valence-electron chi connectivity index (χ4n) is 2.62. The number of nitrogens with zero attached hydrogens (tertiary/aromatic N) is 1. The summed E-state index contributed by atoms with van der Waals surface area (Å²) in [6.07, 6.45) is -0.0480. The van der Waals surface area contributed by atoms with Crippen LogP contribution in [0.4, 0.5) is 4.79 Å². The van der Waals surface area contributed by atoms with Crippen LogP contribution in [0.15, 0.2) is 0 Å². The molecule has 1 amide bonds. The predicted octanol–water partition coefficient (Wildman–Crippen LogP) is 0.788. The molecule has 0 aromatic rings. The Morgan fingerprint density at radius 3 is 2.36 bits per heavy atom. The van der Waals surface area contributed by atoms with Crippen LogP contribution in [-0.2, 0) is 14.8 Å². The number of likely N-dealkylation sites (tertiary alicyclic amines) is 1. The molecule has 8 heteroatoms. The van der Waals surface area contributed by atoms with Gasteiger partial charge in [-0.1, -0.05) is 6.92 Å². The Bertz CT molecular complexity index is 500. The number of hydrogen-bond donors (Lipinski definition) is 2. The highest BCUT2D eigenvalue weighted by molar-refractivity contribution is 7.88. The van der Waals surface area contributed by atoms with E-state index in [2.05, 4.69) is 4.72 Å². The summed E-state index contributed by atoms with van der Waals surface area (Å²) < 4.78 is 30.4. The Kier molecular flexibility index (Phi) is 5.86. The normalized spacial score (nSPS) is 30.2. The second kappa shape index (κ2) is 6.72. The van der Waals surface area contributed by atoms with Crippen LogP contribution in [0, 0.1) is 11.8 Å². The summed E-state index contributed by atoms with van der Waals surface area (Å²) in [5.74, 6) is -0.541. The second-order valence-corrected chi connectivity index (χ2v) is 8.96. The Morgan fingerprint density at radius 2 is 1.91 bits per heavy atom. The van der Waals surface area contributed by atoms with Crippen molar-refractivity contribution in [2.24, 2.45) is 11.8 Å². The van der Waals surface area contributed by atoms with Crippen molar-refractivity contribution in [3.05, 3.63) is 0 Å². The van der Waals surface area contributed by atoms with Crippen molar-refractivity contribution in [1.29, 1.82) is 0 Å². The number of piperidine rings is 1. The summed E-state index contributed by atoms with van der Waals surface area (Å²) in [6, 6.07) is -0.324. The number of amides is 1. The average molecular weight is 336 g/mol. The van der Waals surface area contributed by atoms with Gasteiger partial charge < -0.3 is 14.7 Å². The van der Waals surface area contributed by atoms with Crippen LogP contribution in [0.1, 0.15) is 34.6 Å². The van der Waals surface area contributed by atoms with Crippen molar-refractivity contribution >= 4 is 16.1 Å². The van der Waals surface area contributed by atoms with Crippen LogP contribution in [0.2, 0.25) is 0 Å². The van der Waals surface area contributed by atoms with Crippen LogP contribution in [0.5, 0.6) is 0 Å². The Balaban J connectivity index is 2.87. The lowest BCUT2D eigenvalue weighted by atomic mass is 9.82. The van der Waals surface area contributed by atoms with Crippen molar-refractivity contribution < 1.29 is 23.1 Å². The molecule has 1 heterocycles. The molecule has 0 aliphatic carbocycles. The van der Waals surface area contributed by atoms with Gasteiger partial charge in [-0.05, 0) is 27.7 Å². The highest BCUT2D eigenvalue weighted by Crippen LogP contribution is 2.29. The number of aliphatic hydroxyl groups is 1. The first-order chi connectivity index (χ1) is 9.82. The molecule has 22 heavy (non-hydrogen) atoms. The van der Waals surface area contributed by atoms with Gasteiger partial charge in [0.05, 0.1) is 12.4 Å². The van der Waals surface area contributed by atoms with Crippen molar-refractivity contribution in [2.75, 3.05) is 19.3 Å². The molecular weight excluding hydrogens is 308 g/mol. The molecule has 1 aliphatic rings. The maximum Gasteiger partial charge on any atom is 0.410 e. The van der Waals surface area contributed by atoms with E-state index in [1.165, 1.54) is 0 Å². The fourth-order valence-corrected chi connectivity index (χ4v) is 3.12. The van der Waals surface area contributed by atoms with E-state index in [1.807, 2.05) is 6.92 Å². The van der Waals surface area contributed by atoms with Gasteiger partial charge in [0.15, 0.2) is 0 Å². The van der Waals surface area contributed by atoms with Crippen LogP contribution in [-0.4, -0.2) is 61.6 Å². The minimum absolute atomic E-state index is 0.0881. The number of hydrogen-bond acceptors (Lipinski definition) is 5. The van der Waals surface area contributed by atoms with Crippen LogP contribution in [0.25, 0.3) is 0 Å². The van der Waals surface area contributed by atoms with E-state index in [-0.39, 0.29) is 24.4 Å². The molecule has 4 unspecified atom stereocenters. The number of carbonyl (C=O) groups excluding carboxylic acids is 1. The van der Waals surface area contributed by atoms with Crippen molar-refractivity contribution in [1.82, 2.24) is 9.62 Å². The minimum Gasteiger partial charge on any atom is -0.444 e. The predicted molar refractivity (Wildman–Crippen MR) is 83.9 cm³/mol. The molecule has 0 aromatic carbocycles. The van der Waals surface area contributed by atoms with Crippen LogP contribution in [0.3, 0.4) is 0 Å². The van der Waals surface area contributed by atoms with E-state index in [1.54, 1.807) is 32.6 Å². The molecule has 130 valence electrons. The molecule has 0 bridgehead atoms. The number of aliphatic hydroxyl groups excluding tert-OH is 1. The van der Waals surface area contributed by atoms with E-state index in [0.29, 0.717) is 6.54 Å². The second-order valence-electron chi connectivity index (χ2n) is 7.13. The van der Waals surface area contributed by atoms with Crippen molar-refractivity contribution in [2.45, 2.75) is 52.4 Å². The monoisotopic (exact) mass is 336 g/mol. The summed E-state index contributed by atoms with van der Waals surface area (Å²) in [5, 5.41) is 10.3. The van der Waals surface area contributed by atoms with E-state index < -0.39 is 27.8 Å². The zero-order chi connectivity index (χ0) is 17.3. The van der Waals surface area contributed by atoms with Gasteiger partial charge in [0, 0.05) is 31.0 Å². The molecule has 7 nitrogen and oxygen atoms in total. The number of carbonyl (C=O) groups is 1. The molecule has 0 aromatic heterocycles. The maximum absolute atomic E-state index is 12.3. The first-order valence-corrected chi connectivity index (χ1v) is 9.33. The third-order valence-electron chi connectivity index (χ3n) is 3.83. The maximum atomic E-state index is 12.3. The molecule has 0 radical (unpaired) electrons. The Morgan fingerprint density at radius 1 is 1.36 bits per heavy atom. The molecule has 1 aliphatic heterocycles. The van der Waals surface area contributed by atoms with Gasteiger partial charge in [-0.15, -0.1) is 0 Å². The summed E-state index contributed by atoms with van der Waals surface area (Å²) in [6.45, 7) is 9.48. The molecule has 2 N–H and O–H groups in total. The zero-order valence-corrected chi connectivity index (χ0v) is 15.0. The smallest absolute Gasteiger partial charge is 0.410 e. The molecule has 1 saturated heterocycles. The van der Waals surface area contributed by atoms with Gasteiger partial charge in [0.1, 0.15) is 5.60 Å². The standard InChI is InChI=1S/C14H28N2O5S/c1-9-8-16(13(18)21-14(3,4)5)10(2)11(12(9)17)7-15-22(6,19)20/h9-12,15,17H,7-8H2,1-6H3. The number of ether oxygens (including phenoxy) is 1. The van der Waals surface area contributed by atoms with Gasteiger partial charge in [0.2, 0.25) is 10.0 Å². The molecule has 4 atom stereocenters. The van der Waals surface area contributed by atoms with Gasteiger partial charge in [-0.3, -0.25) is 0 Å². The third kappa shape index (κ3) is 5.40. The van der Waals surface area contributed by atoms with E-state index in [0.717, 1.165) is 6.26 Å². The Hall–Kier alpha value is -0.860. The SMILES string of the molecule is CC1CN(C(=O)OC(C)(C)C)C(C)C(CNS(C)(=O)=O)C1O. The minimum atomic E-state index is -3.35. The summed E-state index contributed by atoms with van der Waals surface area (Å²) in [4.78, 5) is 13.9. The van der Waals surface area contributed by atoms with Gasteiger partial charge in [-0.2, -0.15) is 0 Å². The first kappa shape index (κ1) is 19.2. The molecule has 1 rings (SSSR count). The lowest BCUT2D eigenvalue weighted by molar-refractivity contribution is -0.0544. The molecule has 1 fully saturated rings. The average Bonchev–Trinajstić information content (AvgIpc) is 2.30. The van der Waals surface area contributed by atoms with Gasteiger partial charge in [0.25, 0.3) is 0 Å². The van der Waals surface area contributed by atoms with Crippen molar-refractivity contribution in [3.8, 4) is 0 Å². The summed E-state index contributed by atoms with van der Waals surface area (Å²) in [7, 11) is -3.35. The topological polar surface area (TPSA) is 95.9 Å². The zero-order valence-electron chi connectivity index (χ0n) is 14.2. The quantitative estimate of drug-likeness (QED) is 0.794. The highest BCUT2D eigenvalue weighted by atomic mass is 32.2. The lowest BCUT2D eigenvalue weighted by Gasteiger charge is -2.45. The van der Waals surface area contributed by atoms with E-state index >= 15 is 0 Å². The fraction of sp³-hybridized carbons (Fsp3) is 0.929. The van der Waals surface area contributed by atoms with Crippen LogP contribution < -0.4 is 4.72 Å². The van der Waals surface area contributed by atoms with Gasteiger partial charge in [-0.25, -0.2) is 17.9 Å². The number of sulfonamides is 1. The lowest BCUT2D eigenvalue weighted by Crippen LogP contribution is -2.59. The highest BCUT2D eigenvalue weighted by Gasteiger charge is 2.42. The van der Waals surface area contributed by atoms with E-state index in [4.69, 9.17) is 4.74 Å². The molecule has 0 saturated carbocycles. The van der Waals surface area contributed by atoms with E-state index in [9.17, 15) is 18.3 Å². The first-order valence-electron chi connectivity index (χ1n) is 7.44. The summed E-state index contributed by atoms with van der Waals surface area (Å²) in [5.41, 5.74) is -0.601. The van der Waals surface area contributed by atoms with Crippen LogP contribution >= 0.6 is 0 Å². The molecular formula is C14H28N2O5S. The Labute approximate surface area is 133 Å².